The summed E-state index contributed by atoms with van der Waals surface area (Å²) in [5.74, 6) is -2.30. The largest absolute Gasteiger partial charge is 0.494 e. The maximum absolute atomic E-state index is 12.5. The molecular weight excluding hydrogens is 803 g/mol. The van der Waals surface area contributed by atoms with Gasteiger partial charge in [-0.15, -0.1) is 0 Å². The van der Waals surface area contributed by atoms with E-state index >= 15 is 0 Å². The van der Waals surface area contributed by atoms with Crippen molar-refractivity contribution in [2.75, 3.05) is 66.0 Å². The fraction of sp³-hybridized carbons (Fsp3) is 0.723. The zero-order chi connectivity index (χ0) is 45.6. The number of ketones is 4. The molecule has 0 spiro atoms. The van der Waals surface area contributed by atoms with E-state index in [4.69, 9.17) is 28.8 Å². The maximum atomic E-state index is 12.5. The number of nitrogens with one attached hydrogen (secondary N) is 1. The molecule has 0 aromatic heterocycles. The predicted molar refractivity (Wildman–Crippen MR) is 234 cm³/mol. The van der Waals surface area contributed by atoms with E-state index in [2.05, 4.69) is 12.2 Å². The molecule has 0 saturated carbocycles. The minimum absolute atomic E-state index is 0.0287. The molecule has 0 radical (unpaired) electrons. The lowest BCUT2D eigenvalue weighted by atomic mass is 9.93. The average Bonchev–Trinajstić information content (AvgIpc) is 3.24. The predicted octanol–water partition coefficient (Wildman–Crippen LogP) is 7.38. The second-order valence-electron chi connectivity index (χ2n) is 15.8. The van der Waals surface area contributed by atoms with Gasteiger partial charge in [0.25, 0.3) is 0 Å². The molecule has 15 nitrogen and oxygen atoms in total. The Balaban J connectivity index is 1.93. The van der Waals surface area contributed by atoms with Crippen LogP contribution in [0.4, 0.5) is 0 Å². The number of rotatable bonds is 44. The highest BCUT2D eigenvalue weighted by Crippen LogP contribution is 2.18. The van der Waals surface area contributed by atoms with E-state index in [1.165, 1.54) is 12.1 Å². The summed E-state index contributed by atoms with van der Waals surface area (Å²) in [4.78, 5) is 83.0. The Morgan fingerprint density at radius 3 is 1.74 bits per heavy atom. The topological polar surface area (TPSA) is 218 Å². The number of aromatic carboxylic acids is 1. The molecule has 0 unspecified atom stereocenters. The number of amides is 1. The average molecular weight is 878 g/mol. The van der Waals surface area contributed by atoms with E-state index in [1.807, 2.05) is 0 Å². The molecule has 1 rings (SSSR count). The minimum Gasteiger partial charge on any atom is -0.494 e. The van der Waals surface area contributed by atoms with Gasteiger partial charge in [-0.1, -0.05) is 51.9 Å². The first-order valence-corrected chi connectivity index (χ1v) is 22.7. The zero-order valence-electron chi connectivity index (χ0n) is 37.5. The van der Waals surface area contributed by atoms with Gasteiger partial charge in [0.2, 0.25) is 5.91 Å². The number of benzene rings is 1. The Kier molecular flexibility index (Phi) is 33.9. The highest BCUT2D eigenvalue weighted by atomic mass is 16.5. The summed E-state index contributed by atoms with van der Waals surface area (Å²) in [6.07, 6.45) is 13.2. The van der Waals surface area contributed by atoms with E-state index in [1.54, 1.807) is 19.1 Å². The first-order chi connectivity index (χ1) is 29.9. The summed E-state index contributed by atoms with van der Waals surface area (Å²) < 4.78 is 27.3. The van der Waals surface area contributed by atoms with E-state index in [9.17, 15) is 38.7 Å². The third kappa shape index (κ3) is 31.7. The van der Waals surface area contributed by atoms with Crippen LogP contribution >= 0.6 is 0 Å². The first-order valence-electron chi connectivity index (χ1n) is 22.7. The quantitative estimate of drug-likeness (QED) is 0.0545. The first kappa shape index (κ1) is 56.0. The van der Waals surface area contributed by atoms with Crippen molar-refractivity contribution < 1.29 is 67.5 Å². The van der Waals surface area contributed by atoms with Crippen LogP contribution in [0, 0.1) is 11.8 Å². The SMILES string of the molecule is CCC[C@@H](CCCCNC(=O)COCCOCCCC(=O)COCCOCCCC(=O)CC[C@H](CC(=O)CCCCCCCCCOc1ccc(C(=O)O)cc1)C(=O)O)C(C)=O. The van der Waals surface area contributed by atoms with Gasteiger partial charge >= 0.3 is 11.9 Å². The molecule has 2 atom stereocenters. The fourth-order valence-electron chi connectivity index (χ4n) is 6.64. The van der Waals surface area contributed by atoms with E-state index in [0.29, 0.717) is 70.8 Å². The number of hydrogen-bond acceptors (Lipinski definition) is 12. The van der Waals surface area contributed by atoms with Crippen molar-refractivity contribution in [3.05, 3.63) is 29.8 Å². The Morgan fingerprint density at radius 2 is 1.13 bits per heavy atom. The van der Waals surface area contributed by atoms with Crippen molar-refractivity contribution in [1.82, 2.24) is 5.32 Å². The lowest BCUT2D eigenvalue weighted by Gasteiger charge is -2.12. The number of carbonyl (C=O) groups excluding carboxylic acids is 5. The van der Waals surface area contributed by atoms with Gasteiger partial charge in [-0.2, -0.15) is 0 Å². The van der Waals surface area contributed by atoms with Gasteiger partial charge in [0.05, 0.1) is 44.5 Å². The monoisotopic (exact) mass is 878 g/mol. The Bertz CT molecular complexity index is 1420. The number of carboxylic acid groups (broad SMARTS) is 2. The number of carboxylic acids is 2. The van der Waals surface area contributed by atoms with Crippen LogP contribution in [0.25, 0.3) is 0 Å². The fourth-order valence-corrected chi connectivity index (χ4v) is 6.64. The van der Waals surface area contributed by atoms with E-state index < -0.39 is 17.9 Å². The molecule has 1 aromatic rings. The molecule has 0 heterocycles. The van der Waals surface area contributed by atoms with Gasteiger partial charge in [0.15, 0.2) is 5.78 Å². The maximum Gasteiger partial charge on any atom is 0.335 e. The number of aliphatic carboxylic acids is 1. The van der Waals surface area contributed by atoms with Crippen molar-refractivity contribution in [2.24, 2.45) is 11.8 Å². The lowest BCUT2D eigenvalue weighted by molar-refractivity contribution is -0.144. The number of unbranched alkanes of at least 4 members (excludes halogenated alkanes) is 7. The van der Waals surface area contributed by atoms with Crippen LogP contribution in [0.2, 0.25) is 0 Å². The Labute approximate surface area is 368 Å². The summed E-state index contributed by atoms with van der Waals surface area (Å²) in [6, 6.07) is 6.33. The molecule has 15 heteroatoms. The van der Waals surface area contributed by atoms with Crippen molar-refractivity contribution in [3.8, 4) is 5.75 Å². The highest BCUT2D eigenvalue weighted by molar-refractivity contribution is 5.87. The molecule has 62 heavy (non-hydrogen) atoms. The minimum atomic E-state index is -1.06. The lowest BCUT2D eigenvalue weighted by Crippen LogP contribution is -2.29. The highest BCUT2D eigenvalue weighted by Gasteiger charge is 2.22. The second-order valence-corrected chi connectivity index (χ2v) is 15.8. The molecule has 0 fully saturated rings. The molecular formula is C47H75NO14. The molecule has 3 N–H and O–H groups in total. The van der Waals surface area contributed by atoms with Gasteiger partial charge in [0.1, 0.15) is 36.3 Å². The Hall–Kier alpha value is -4.05. The third-order valence-corrected chi connectivity index (χ3v) is 10.3. The van der Waals surface area contributed by atoms with Gasteiger partial charge in [0, 0.05) is 57.8 Å². The van der Waals surface area contributed by atoms with Gasteiger partial charge in [-0.05, 0) is 82.6 Å². The van der Waals surface area contributed by atoms with Crippen LogP contribution in [0.1, 0.15) is 153 Å². The second kappa shape index (κ2) is 37.5. The van der Waals surface area contributed by atoms with Crippen molar-refractivity contribution >= 4 is 41.0 Å². The standard InChI is InChI=1S/C47H75NO14/c1-3-15-38(37(2)49)16-10-11-26-48-45(53)36-61-33-31-59-28-14-19-43(52)35-60-32-30-58-27-13-18-41(50)23-20-40(47(56)57)34-42(51)17-9-7-5-4-6-8-12-29-62-44-24-21-39(22-25-44)46(54)55/h21-22,24-25,38,40H,3-20,23,26-36H2,1-2H3,(H,48,53)(H,54,55)(H,56,57)/t38-,40+/m0/s1. The summed E-state index contributed by atoms with van der Waals surface area (Å²) in [6.45, 7) is 6.57. The smallest absolute Gasteiger partial charge is 0.335 e. The van der Waals surface area contributed by atoms with Crippen LogP contribution in [0.3, 0.4) is 0 Å². The van der Waals surface area contributed by atoms with Gasteiger partial charge in [-0.25, -0.2) is 4.79 Å². The normalized spacial score (nSPS) is 12.1. The van der Waals surface area contributed by atoms with Crippen LogP contribution in [-0.2, 0) is 47.7 Å². The molecule has 0 aliphatic heterocycles. The molecule has 0 bridgehead atoms. The van der Waals surface area contributed by atoms with E-state index in [-0.39, 0.29) is 99.2 Å². The van der Waals surface area contributed by atoms with Crippen LogP contribution < -0.4 is 10.1 Å². The number of carbonyl (C=O) groups is 7. The number of hydrogen-bond donors (Lipinski definition) is 3. The van der Waals surface area contributed by atoms with Crippen molar-refractivity contribution in [2.45, 2.75) is 142 Å². The molecule has 1 amide bonds. The van der Waals surface area contributed by atoms with E-state index in [0.717, 1.165) is 70.6 Å². The molecule has 0 saturated heterocycles. The summed E-state index contributed by atoms with van der Waals surface area (Å²) in [5.41, 5.74) is 0.222. The van der Waals surface area contributed by atoms with Crippen LogP contribution in [-0.4, -0.2) is 117 Å². The summed E-state index contributed by atoms with van der Waals surface area (Å²) >= 11 is 0. The summed E-state index contributed by atoms with van der Waals surface area (Å²) in [5, 5.41) is 21.4. The van der Waals surface area contributed by atoms with Crippen LogP contribution in [0.15, 0.2) is 24.3 Å². The van der Waals surface area contributed by atoms with Gasteiger partial charge in [-0.3, -0.25) is 28.8 Å². The van der Waals surface area contributed by atoms with Crippen LogP contribution in [0.5, 0.6) is 5.75 Å². The molecule has 0 aliphatic rings. The Morgan fingerprint density at radius 1 is 0.548 bits per heavy atom. The molecule has 352 valence electrons. The van der Waals surface area contributed by atoms with Gasteiger partial charge < -0.3 is 39.2 Å². The molecule has 1 aromatic carbocycles. The zero-order valence-corrected chi connectivity index (χ0v) is 37.5. The van der Waals surface area contributed by atoms with Crippen molar-refractivity contribution in [3.63, 3.8) is 0 Å². The van der Waals surface area contributed by atoms with Crippen molar-refractivity contribution in [1.29, 1.82) is 0 Å². The third-order valence-electron chi connectivity index (χ3n) is 10.3. The summed E-state index contributed by atoms with van der Waals surface area (Å²) in [7, 11) is 0. The number of Topliss-reactive ketones (excluding diaryl/α,β-unsaturated/α-hetero) is 4. The number of ether oxygens (including phenoxy) is 5. The molecule has 0 aliphatic carbocycles.